The van der Waals surface area contributed by atoms with E-state index in [1.165, 1.54) is 0 Å². The molecule has 0 spiro atoms. The number of benzene rings is 1. The van der Waals surface area contributed by atoms with E-state index in [1.54, 1.807) is 24.3 Å². The molecule has 3 N–H and O–H groups in total. The fraction of sp³-hybridized carbons (Fsp3) is 0.417. The molecule has 9 heteroatoms. The number of anilines is 3. The first-order valence-corrected chi connectivity index (χ1v) is 11.3. The minimum absolute atomic E-state index is 0.123. The quantitative estimate of drug-likeness (QED) is 0.581. The Bertz CT molecular complexity index is 1120. The summed E-state index contributed by atoms with van der Waals surface area (Å²) in [7, 11) is 0. The number of aromatic nitrogens is 2. The van der Waals surface area contributed by atoms with Crippen LogP contribution in [0.3, 0.4) is 0 Å². The van der Waals surface area contributed by atoms with Gasteiger partial charge >= 0.3 is 0 Å². The van der Waals surface area contributed by atoms with Gasteiger partial charge in [0.25, 0.3) is 5.56 Å². The predicted octanol–water partition coefficient (Wildman–Crippen LogP) is 3.22. The first kappa shape index (κ1) is 22.6. The molecule has 0 unspecified atom stereocenters. The van der Waals surface area contributed by atoms with Gasteiger partial charge in [0, 0.05) is 30.3 Å². The number of amides is 2. The average molecular weight is 452 g/mol. The smallest absolute Gasteiger partial charge is 0.258 e. The van der Waals surface area contributed by atoms with E-state index in [-0.39, 0.29) is 29.8 Å². The Morgan fingerprint density at radius 3 is 2.73 bits per heavy atom. The van der Waals surface area contributed by atoms with Crippen LogP contribution >= 0.6 is 0 Å². The van der Waals surface area contributed by atoms with Crippen LogP contribution in [0.2, 0.25) is 0 Å². The van der Waals surface area contributed by atoms with Gasteiger partial charge in [0.1, 0.15) is 11.6 Å². The zero-order valence-corrected chi connectivity index (χ0v) is 18.9. The van der Waals surface area contributed by atoms with Crippen molar-refractivity contribution in [2.24, 2.45) is 0 Å². The van der Waals surface area contributed by atoms with Crippen molar-refractivity contribution in [2.45, 2.75) is 51.5 Å². The number of H-pyrrole nitrogens is 1. The number of rotatable bonds is 6. The van der Waals surface area contributed by atoms with E-state index < -0.39 is 17.4 Å². The Balaban J connectivity index is 1.57. The molecule has 0 radical (unpaired) electrons. The normalized spacial score (nSPS) is 19.9. The number of hydrogen-bond acceptors (Lipinski definition) is 6. The van der Waals surface area contributed by atoms with Crippen molar-refractivity contribution in [3.05, 3.63) is 52.3 Å². The molecule has 2 amide bonds. The first-order chi connectivity index (χ1) is 15.9. The van der Waals surface area contributed by atoms with Gasteiger partial charge in [-0.15, -0.1) is 0 Å². The van der Waals surface area contributed by atoms with Crippen molar-refractivity contribution in [3.63, 3.8) is 0 Å². The number of hydrogen-bond donors (Lipinski definition) is 3. The lowest BCUT2D eigenvalue weighted by atomic mass is 9.92. The summed E-state index contributed by atoms with van der Waals surface area (Å²) in [5.41, 5.74) is 1.12. The first-order valence-electron chi connectivity index (χ1n) is 11.3. The molecule has 0 saturated carbocycles. The minimum Gasteiger partial charge on any atom is -0.494 e. The molecule has 4 rings (SSSR count). The Hall–Kier alpha value is -3.62. The lowest BCUT2D eigenvalue weighted by molar-refractivity contribution is -0.123. The van der Waals surface area contributed by atoms with Crippen LogP contribution in [-0.4, -0.2) is 41.0 Å². The summed E-state index contributed by atoms with van der Waals surface area (Å²) in [5, 5.41) is 5.48. The van der Waals surface area contributed by atoms with Crippen LogP contribution < -0.4 is 21.1 Å². The second kappa shape index (κ2) is 9.48. The maximum Gasteiger partial charge on any atom is 0.258 e. The molecule has 1 fully saturated rings. The van der Waals surface area contributed by atoms with Gasteiger partial charge < -0.3 is 20.3 Å². The van der Waals surface area contributed by atoms with Crippen molar-refractivity contribution in [1.82, 2.24) is 9.97 Å². The number of ether oxygens (including phenoxy) is 1. The van der Waals surface area contributed by atoms with Gasteiger partial charge in [-0.05, 0) is 57.4 Å². The van der Waals surface area contributed by atoms with E-state index in [4.69, 9.17) is 4.74 Å². The highest BCUT2D eigenvalue weighted by Gasteiger charge is 2.35. The summed E-state index contributed by atoms with van der Waals surface area (Å²) in [6, 6.07) is 7.26. The van der Waals surface area contributed by atoms with E-state index in [9.17, 15) is 14.4 Å². The number of aromatic amines is 1. The molecule has 3 heterocycles. The second-order valence-electron chi connectivity index (χ2n) is 8.42. The molecule has 1 aromatic heterocycles. The fourth-order valence-corrected chi connectivity index (χ4v) is 4.36. The molecule has 2 aliphatic rings. The summed E-state index contributed by atoms with van der Waals surface area (Å²) in [6.07, 6.45) is 3.03. The molecule has 2 aliphatic heterocycles. The van der Waals surface area contributed by atoms with Gasteiger partial charge in [-0.2, -0.15) is 4.98 Å². The van der Waals surface area contributed by atoms with Crippen LogP contribution in [0.5, 0.6) is 0 Å². The van der Waals surface area contributed by atoms with Crippen molar-refractivity contribution in [2.75, 3.05) is 28.7 Å². The minimum atomic E-state index is -0.934. The third-order valence-electron chi connectivity index (χ3n) is 6.12. The Morgan fingerprint density at radius 1 is 1.27 bits per heavy atom. The molecular weight excluding hydrogens is 422 g/mol. The number of carbonyl (C=O) groups excluding carboxylic acids is 2. The molecule has 1 aromatic carbocycles. The summed E-state index contributed by atoms with van der Waals surface area (Å²) in [5.74, 6) is -0.583. The molecule has 9 nitrogen and oxygen atoms in total. The molecule has 2 aromatic rings. The third kappa shape index (κ3) is 4.76. The highest BCUT2D eigenvalue weighted by molar-refractivity contribution is 6.04. The Labute approximate surface area is 192 Å². The van der Waals surface area contributed by atoms with Gasteiger partial charge in [-0.1, -0.05) is 6.58 Å². The molecule has 0 aliphatic carbocycles. The lowest BCUT2D eigenvalue weighted by Crippen LogP contribution is -2.41. The monoisotopic (exact) mass is 451 g/mol. The Morgan fingerprint density at radius 2 is 2.03 bits per heavy atom. The molecule has 2 atom stereocenters. The zero-order chi connectivity index (χ0) is 23.5. The van der Waals surface area contributed by atoms with Gasteiger partial charge in [-0.25, -0.2) is 0 Å². The van der Waals surface area contributed by atoms with E-state index >= 15 is 0 Å². The highest BCUT2D eigenvalue weighted by atomic mass is 16.5. The number of carbonyl (C=O) groups is 2. The SMILES string of the molecule is C=C(OCC)c1ccc(NC(=O)[C@@H]2CC(=O)Nc3nc(N4CCCC[C@H]4C)[nH]c(=O)c32)cc1. The summed E-state index contributed by atoms with van der Waals surface area (Å²) in [6.45, 7) is 9.13. The summed E-state index contributed by atoms with van der Waals surface area (Å²) >= 11 is 0. The van der Waals surface area contributed by atoms with Crippen LogP contribution in [-0.2, 0) is 14.3 Å². The lowest BCUT2D eigenvalue weighted by Gasteiger charge is -2.34. The fourth-order valence-electron chi connectivity index (χ4n) is 4.36. The number of nitrogens with one attached hydrogen (secondary N) is 3. The predicted molar refractivity (Wildman–Crippen MR) is 127 cm³/mol. The maximum absolute atomic E-state index is 13.1. The van der Waals surface area contributed by atoms with Crippen LogP contribution in [0.15, 0.2) is 35.6 Å². The van der Waals surface area contributed by atoms with Crippen molar-refractivity contribution in [1.29, 1.82) is 0 Å². The zero-order valence-electron chi connectivity index (χ0n) is 18.9. The van der Waals surface area contributed by atoms with Crippen LogP contribution in [0.4, 0.5) is 17.5 Å². The topological polar surface area (TPSA) is 116 Å². The third-order valence-corrected chi connectivity index (χ3v) is 6.12. The maximum atomic E-state index is 13.1. The molecule has 1 saturated heterocycles. The van der Waals surface area contributed by atoms with Crippen molar-refractivity contribution >= 4 is 35.0 Å². The number of nitrogens with zero attached hydrogens (tertiary/aromatic N) is 2. The standard InChI is InChI=1S/C24H29N5O4/c1-4-33-15(3)16-8-10-17(11-9-16)25-22(31)18-13-19(30)26-21-20(18)23(32)28-24(27-21)29-12-6-5-7-14(29)2/h8-11,14,18H,3-7,12-13H2,1-2H3,(H,25,31)(H2,26,27,28,30,32)/t14-,18-/m1/s1. The van der Waals surface area contributed by atoms with Crippen molar-refractivity contribution in [3.8, 4) is 0 Å². The Kier molecular flexibility index (Phi) is 6.48. The van der Waals surface area contributed by atoms with Gasteiger partial charge in [0.05, 0.1) is 18.1 Å². The van der Waals surface area contributed by atoms with E-state index in [2.05, 4.69) is 34.1 Å². The molecule has 0 bridgehead atoms. The molecule has 33 heavy (non-hydrogen) atoms. The average Bonchev–Trinajstić information content (AvgIpc) is 2.79. The summed E-state index contributed by atoms with van der Waals surface area (Å²) in [4.78, 5) is 47.8. The van der Waals surface area contributed by atoms with E-state index in [0.717, 1.165) is 31.4 Å². The van der Waals surface area contributed by atoms with E-state index in [0.29, 0.717) is 24.0 Å². The van der Waals surface area contributed by atoms with Crippen LogP contribution in [0.1, 0.15) is 56.6 Å². The summed E-state index contributed by atoms with van der Waals surface area (Å²) < 4.78 is 5.39. The van der Waals surface area contributed by atoms with Crippen molar-refractivity contribution < 1.29 is 14.3 Å². The van der Waals surface area contributed by atoms with E-state index in [1.807, 2.05) is 11.8 Å². The second-order valence-corrected chi connectivity index (χ2v) is 8.42. The van der Waals surface area contributed by atoms with Crippen LogP contribution in [0, 0.1) is 0 Å². The molecule has 174 valence electrons. The largest absolute Gasteiger partial charge is 0.494 e. The van der Waals surface area contributed by atoms with Gasteiger partial charge in [-0.3, -0.25) is 19.4 Å². The van der Waals surface area contributed by atoms with Crippen LogP contribution in [0.25, 0.3) is 5.76 Å². The van der Waals surface area contributed by atoms with Gasteiger partial charge in [0.2, 0.25) is 17.8 Å². The number of fused-ring (bicyclic) bond motifs is 1. The number of piperidine rings is 1. The van der Waals surface area contributed by atoms with Gasteiger partial charge in [0.15, 0.2) is 0 Å². The molecular formula is C24H29N5O4. The highest BCUT2D eigenvalue weighted by Crippen LogP contribution is 2.31.